The van der Waals surface area contributed by atoms with Gasteiger partial charge in [0.2, 0.25) is 0 Å². The Kier molecular flexibility index (Phi) is 7.89. The first-order valence-electron chi connectivity index (χ1n) is 13.3. The second kappa shape index (κ2) is 11.4. The van der Waals surface area contributed by atoms with Gasteiger partial charge in [0.1, 0.15) is 5.82 Å². The molecule has 0 aliphatic carbocycles. The molecular weight excluding hydrogens is 522 g/mol. The predicted molar refractivity (Wildman–Crippen MR) is 163 cm³/mol. The number of rotatable bonds is 8. The fourth-order valence-corrected chi connectivity index (χ4v) is 5.70. The van der Waals surface area contributed by atoms with Gasteiger partial charge in [-0.3, -0.25) is 4.79 Å². The zero-order valence-electron chi connectivity index (χ0n) is 23.3. The van der Waals surface area contributed by atoms with E-state index in [1.807, 2.05) is 31.3 Å². The molecule has 1 aliphatic heterocycles. The molecule has 0 radical (unpaired) electrons. The van der Waals surface area contributed by atoms with Crippen LogP contribution in [-0.4, -0.2) is 51.5 Å². The Balaban J connectivity index is 1.68. The molecule has 8 nitrogen and oxygen atoms in total. The van der Waals surface area contributed by atoms with E-state index in [0.717, 1.165) is 33.4 Å². The average Bonchev–Trinajstić information content (AvgIpc) is 3.47. The lowest BCUT2D eigenvalue weighted by atomic mass is 10.0. The Morgan fingerprint density at radius 2 is 2.10 bits per heavy atom. The van der Waals surface area contributed by atoms with Gasteiger partial charge in [0.05, 0.1) is 30.4 Å². The lowest BCUT2D eigenvalue weighted by molar-refractivity contribution is 0.0836. The molecule has 3 aromatic heterocycles. The topological polar surface area (TPSA) is 92.5 Å². The Morgan fingerprint density at radius 1 is 1.27 bits per heavy atom. The van der Waals surface area contributed by atoms with Crippen molar-refractivity contribution >= 4 is 33.6 Å². The number of nitrogens with zero attached hydrogens (tertiary/aromatic N) is 4. The van der Waals surface area contributed by atoms with Crippen molar-refractivity contribution < 1.29 is 9.84 Å². The number of fused-ring (bicyclic) bond motifs is 1. The van der Waals surface area contributed by atoms with Gasteiger partial charge in [0, 0.05) is 53.9 Å². The first kappa shape index (κ1) is 27.8. The highest BCUT2D eigenvalue weighted by atomic mass is 32.1. The van der Waals surface area contributed by atoms with Gasteiger partial charge in [-0.25, -0.2) is 9.97 Å². The highest BCUT2D eigenvalue weighted by Crippen LogP contribution is 2.37. The van der Waals surface area contributed by atoms with Gasteiger partial charge in [-0.1, -0.05) is 24.8 Å². The standard InChI is InChI=1S/C31H35N5O3S/c1-6-21(16-32-19-31(3,4)38)28-33-25-10-9-22(23-14-20(2)30(37)35(5)17-23)15-24(25)29(34-28)36-11-12-39-18-26(36)27-8-7-13-40-27/h6-10,13-17,26,32,38H,1,11-12,18-19H2,2-5H3/b21-16+. The van der Waals surface area contributed by atoms with Crippen LogP contribution in [0.15, 0.2) is 71.6 Å². The van der Waals surface area contributed by atoms with Crippen LogP contribution in [0.3, 0.4) is 0 Å². The van der Waals surface area contributed by atoms with Crippen LogP contribution in [0.25, 0.3) is 27.6 Å². The molecule has 0 spiro atoms. The number of anilines is 1. The van der Waals surface area contributed by atoms with Gasteiger partial charge < -0.3 is 24.6 Å². The summed E-state index contributed by atoms with van der Waals surface area (Å²) in [5.41, 5.74) is 3.29. The molecule has 1 unspecified atom stereocenters. The number of ether oxygens (including phenoxy) is 1. The fourth-order valence-electron chi connectivity index (χ4n) is 4.87. The molecule has 9 heteroatoms. The molecular formula is C31H35N5O3S. The van der Waals surface area contributed by atoms with E-state index in [9.17, 15) is 9.90 Å². The van der Waals surface area contributed by atoms with Crippen LogP contribution in [0.1, 0.15) is 36.2 Å². The van der Waals surface area contributed by atoms with Crippen molar-refractivity contribution in [2.45, 2.75) is 32.4 Å². The zero-order valence-corrected chi connectivity index (χ0v) is 24.2. The number of allylic oxidation sites excluding steroid dienone is 2. The Labute approximate surface area is 238 Å². The second-order valence-electron chi connectivity index (χ2n) is 10.7. The van der Waals surface area contributed by atoms with Crippen molar-refractivity contribution in [3.63, 3.8) is 0 Å². The summed E-state index contributed by atoms with van der Waals surface area (Å²) in [4.78, 5) is 25.9. The summed E-state index contributed by atoms with van der Waals surface area (Å²) in [6, 6.07) is 12.3. The van der Waals surface area contributed by atoms with Crippen LogP contribution in [0.4, 0.5) is 5.82 Å². The summed E-state index contributed by atoms with van der Waals surface area (Å²) in [6.07, 6.45) is 5.38. The van der Waals surface area contributed by atoms with Gasteiger partial charge in [-0.2, -0.15) is 0 Å². The second-order valence-corrected chi connectivity index (χ2v) is 11.7. The van der Waals surface area contributed by atoms with E-state index in [-0.39, 0.29) is 11.6 Å². The molecule has 4 heterocycles. The lowest BCUT2D eigenvalue weighted by Gasteiger charge is -2.36. The molecule has 1 aliphatic rings. The number of thiophene rings is 1. The summed E-state index contributed by atoms with van der Waals surface area (Å²) >= 11 is 1.71. The molecule has 0 bridgehead atoms. The molecule has 1 fully saturated rings. The van der Waals surface area contributed by atoms with E-state index >= 15 is 0 Å². The molecule has 1 saturated heterocycles. The summed E-state index contributed by atoms with van der Waals surface area (Å²) < 4.78 is 7.53. The average molecular weight is 558 g/mol. The van der Waals surface area contributed by atoms with Gasteiger partial charge in [0.15, 0.2) is 5.82 Å². The fraction of sp³-hybridized carbons (Fsp3) is 0.323. The summed E-state index contributed by atoms with van der Waals surface area (Å²) in [5, 5.41) is 16.3. The van der Waals surface area contributed by atoms with Gasteiger partial charge in [-0.15, -0.1) is 11.3 Å². The van der Waals surface area contributed by atoms with Crippen LogP contribution in [0.5, 0.6) is 0 Å². The van der Waals surface area contributed by atoms with E-state index < -0.39 is 5.60 Å². The van der Waals surface area contributed by atoms with Gasteiger partial charge in [0.25, 0.3) is 5.56 Å². The molecule has 4 aromatic rings. The highest BCUT2D eigenvalue weighted by molar-refractivity contribution is 7.10. The third kappa shape index (κ3) is 5.86. The maximum absolute atomic E-state index is 12.3. The number of aryl methyl sites for hydroxylation is 2. The van der Waals surface area contributed by atoms with Gasteiger partial charge >= 0.3 is 0 Å². The number of benzene rings is 1. The molecule has 208 valence electrons. The summed E-state index contributed by atoms with van der Waals surface area (Å²) in [6.45, 7) is 11.5. The number of hydrogen-bond acceptors (Lipinski definition) is 8. The number of hydrogen-bond donors (Lipinski definition) is 2. The van der Waals surface area contributed by atoms with E-state index in [4.69, 9.17) is 14.7 Å². The van der Waals surface area contributed by atoms with Crippen molar-refractivity contribution in [1.82, 2.24) is 19.9 Å². The van der Waals surface area contributed by atoms with Crippen LogP contribution in [0.2, 0.25) is 0 Å². The normalized spacial score (nSPS) is 16.4. The minimum atomic E-state index is -0.865. The van der Waals surface area contributed by atoms with Crippen molar-refractivity contribution in [3.8, 4) is 11.1 Å². The number of pyridine rings is 1. The lowest BCUT2D eigenvalue weighted by Crippen LogP contribution is -2.40. The van der Waals surface area contributed by atoms with Gasteiger partial charge in [-0.05, 0) is 61.5 Å². The van der Waals surface area contributed by atoms with Crippen molar-refractivity contribution in [2.75, 3.05) is 31.2 Å². The SMILES string of the molecule is C=C/C(=C\NCC(C)(C)O)c1nc(N2CCOCC2c2cccs2)c2cc(-c3cc(C)c(=O)n(C)c3)ccc2n1. The summed E-state index contributed by atoms with van der Waals surface area (Å²) in [7, 11) is 1.77. The molecule has 0 saturated carbocycles. The minimum Gasteiger partial charge on any atom is -0.389 e. The maximum Gasteiger partial charge on any atom is 0.253 e. The molecule has 1 atom stereocenters. The zero-order chi connectivity index (χ0) is 28.4. The smallest absolute Gasteiger partial charge is 0.253 e. The highest BCUT2D eigenvalue weighted by Gasteiger charge is 2.29. The summed E-state index contributed by atoms with van der Waals surface area (Å²) in [5.74, 6) is 1.36. The quantitative estimate of drug-likeness (QED) is 0.300. The van der Waals surface area contributed by atoms with Crippen LogP contribution in [0, 0.1) is 6.92 Å². The first-order chi connectivity index (χ1) is 19.1. The van der Waals surface area contributed by atoms with E-state index in [0.29, 0.717) is 37.7 Å². The van der Waals surface area contributed by atoms with Crippen LogP contribution >= 0.6 is 11.3 Å². The largest absolute Gasteiger partial charge is 0.389 e. The van der Waals surface area contributed by atoms with E-state index in [2.05, 4.69) is 40.4 Å². The third-order valence-electron chi connectivity index (χ3n) is 6.91. The maximum atomic E-state index is 12.3. The monoisotopic (exact) mass is 557 g/mol. The molecule has 40 heavy (non-hydrogen) atoms. The number of nitrogens with one attached hydrogen (secondary N) is 1. The first-order valence-corrected chi connectivity index (χ1v) is 14.2. The van der Waals surface area contributed by atoms with Crippen LogP contribution < -0.4 is 15.8 Å². The van der Waals surface area contributed by atoms with Crippen molar-refractivity contribution in [1.29, 1.82) is 0 Å². The molecule has 5 rings (SSSR count). The van der Waals surface area contributed by atoms with Crippen molar-refractivity contribution in [3.05, 3.63) is 93.4 Å². The molecule has 0 amide bonds. The number of aromatic nitrogens is 3. The van der Waals surface area contributed by atoms with Crippen molar-refractivity contribution in [2.24, 2.45) is 7.05 Å². The van der Waals surface area contributed by atoms with E-state index in [1.165, 1.54) is 4.88 Å². The molecule has 1 aromatic carbocycles. The predicted octanol–water partition coefficient (Wildman–Crippen LogP) is 4.83. The number of aliphatic hydroxyl groups is 1. The Morgan fingerprint density at radius 3 is 2.80 bits per heavy atom. The minimum absolute atomic E-state index is 0.00718. The number of morpholine rings is 1. The Bertz CT molecular complexity index is 1590. The van der Waals surface area contributed by atoms with Crippen LogP contribution in [-0.2, 0) is 11.8 Å². The molecule has 2 N–H and O–H groups in total. The van der Waals surface area contributed by atoms with E-state index in [1.54, 1.807) is 49.1 Å². The Hall–Kier alpha value is -3.79. The third-order valence-corrected chi connectivity index (χ3v) is 7.89.